The zero-order valence-corrected chi connectivity index (χ0v) is 16.9. The van der Waals surface area contributed by atoms with Crippen LogP contribution in [0, 0.1) is 0 Å². The maximum Gasteiger partial charge on any atom is 0.328 e. The maximum absolute atomic E-state index is 9.55. The quantitative estimate of drug-likeness (QED) is 0.736. The normalized spacial score (nSPS) is 13.4. The van der Waals surface area contributed by atoms with Crippen molar-refractivity contribution < 1.29 is 19.8 Å². The van der Waals surface area contributed by atoms with Crippen molar-refractivity contribution in [3.63, 3.8) is 0 Å². The van der Waals surface area contributed by atoms with Crippen LogP contribution in [0.1, 0.15) is 6.92 Å². The smallest absolute Gasteiger partial charge is 0.328 e. The molecule has 0 spiro atoms. The average Bonchev–Trinajstić information content (AvgIpc) is 2.66. The zero-order chi connectivity index (χ0) is 20.7. The summed E-state index contributed by atoms with van der Waals surface area (Å²) in [6.07, 6.45) is 1.12. The van der Waals surface area contributed by atoms with Crippen LogP contribution >= 0.6 is 11.8 Å². The van der Waals surface area contributed by atoms with Gasteiger partial charge in [-0.15, -0.1) is 0 Å². The molecule has 7 heteroatoms. The Labute approximate surface area is 169 Å². The molecule has 1 aliphatic heterocycles. The highest BCUT2D eigenvalue weighted by Crippen LogP contribution is 2.47. The van der Waals surface area contributed by atoms with Crippen LogP contribution in [-0.4, -0.2) is 53.7 Å². The fourth-order valence-corrected chi connectivity index (χ4v) is 3.64. The van der Waals surface area contributed by atoms with Gasteiger partial charge in [0.1, 0.15) is 0 Å². The van der Waals surface area contributed by atoms with E-state index in [4.69, 9.17) is 10.2 Å². The number of para-hydroxylation sites is 2. The molecule has 0 aromatic heterocycles. The van der Waals surface area contributed by atoms with Crippen molar-refractivity contribution in [3.8, 4) is 0 Å². The number of hydrogen-bond donors (Lipinski definition) is 2. The number of rotatable bonds is 5. The van der Waals surface area contributed by atoms with Crippen molar-refractivity contribution in [2.24, 2.45) is 0 Å². The minimum Gasteiger partial charge on any atom is -0.478 e. The number of likely N-dealkylation sites (N-methyl/N-ethyl adjacent to an activating group) is 1. The van der Waals surface area contributed by atoms with E-state index >= 15 is 0 Å². The molecule has 148 valence electrons. The number of fused-ring (bicyclic) bond motifs is 2. The second-order valence-corrected chi connectivity index (χ2v) is 7.55. The second kappa shape index (κ2) is 9.96. The van der Waals surface area contributed by atoms with Crippen molar-refractivity contribution in [3.05, 3.63) is 60.7 Å². The summed E-state index contributed by atoms with van der Waals surface area (Å²) in [6.45, 7) is 3.27. The fraction of sp³-hybridized carbons (Fsp3) is 0.238. The van der Waals surface area contributed by atoms with Crippen molar-refractivity contribution in [1.82, 2.24) is 4.90 Å². The summed E-state index contributed by atoms with van der Waals surface area (Å²) in [4.78, 5) is 26.5. The SMILES string of the molecule is CC(CN1c2ccccc2Sc2ccccc21)N(C)C.O=C(O)/C=C\C(=O)O. The first-order chi connectivity index (χ1) is 13.3. The lowest BCUT2D eigenvalue weighted by Crippen LogP contribution is -2.37. The van der Waals surface area contributed by atoms with Crippen LogP contribution in [0.3, 0.4) is 0 Å². The number of carbonyl (C=O) groups is 2. The lowest BCUT2D eigenvalue weighted by atomic mass is 10.2. The van der Waals surface area contributed by atoms with Crippen LogP contribution in [0.2, 0.25) is 0 Å². The van der Waals surface area contributed by atoms with E-state index in [9.17, 15) is 9.59 Å². The first-order valence-corrected chi connectivity index (χ1v) is 9.55. The van der Waals surface area contributed by atoms with Gasteiger partial charge in [0.15, 0.2) is 0 Å². The third-order valence-electron chi connectivity index (χ3n) is 4.23. The molecule has 0 bridgehead atoms. The van der Waals surface area contributed by atoms with Crippen molar-refractivity contribution in [2.45, 2.75) is 22.8 Å². The van der Waals surface area contributed by atoms with Gasteiger partial charge in [0.05, 0.1) is 11.4 Å². The topological polar surface area (TPSA) is 81.1 Å². The molecule has 2 aromatic carbocycles. The molecule has 1 heterocycles. The first kappa shape index (κ1) is 21.5. The number of nitrogens with zero attached hydrogens (tertiary/aromatic N) is 2. The summed E-state index contributed by atoms with van der Waals surface area (Å²) in [5.41, 5.74) is 2.65. The van der Waals surface area contributed by atoms with E-state index in [-0.39, 0.29) is 0 Å². The van der Waals surface area contributed by atoms with Crippen LogP contribution < -0.4 is 4.90 Å². The average molecular weight is 401 g/mol. The Hall–Kier alpha value is -2.77. The van der Waals surface area contributed by atoms with E-state index < -0.39 is 11.9 Å². The number of aliphatic carboxylic acids is 2. The Kier molecular flexibility index (Phi) is 7.66. The Morgan fingerprint density at radius 1 is 0.964 bits per heavy atom. The molecule has 0 fully saturated rings. The van der Waals surface area contributed by atoms with Gasteiger partial charge in [0.25, 0.3) is 0 Å². The largest absolute Gasteiger partial charge is 0.478 e. The zero-order valence-electron chi connectivity index (χ0n) is 16.1. The van der Waals surface area contributed by atoms with Crippen LogP contribution in [0.15, 0.2) is 70.5 Å². The van der Waals surface area contributed by atoms with Crippen LogP contribution in [0.25, 0.3) is 0 Å². The van der Waals surface area contributed by atoms with Gasteiger partial charge < -0.3 is 20.0 Å². The van der Waals surface area contributed by atoms with E-state index in [1.54, 1.807) is 0 Å². The maximum atomic E-state index is 9.55. The highest BCUT2D eigenvalue weighted by atomic mass is 32.2. The molecule has 3 rings (SSSR count). The van der Waals surface area contributed by atoms with Gasteiger partial charge in [-0.3, -0.25) is 0 Å². The van der Waals surface area contributed by atoms with Crippen LogP contribution in [0.4, 0.5) is 11.4 Å². The molecule has 1 aliphatic rings. The Morgan fingerprint density at radius 2 is 1.39 bits per heavy atom. The summed E-state index contributed by atoms with van der Waals surface area (Å²) >= 11 is 1.87. The number of benzene rings is 2. The van der Waals surface area contributed by atoms with E-state index in [2.05, 4.69) is 79.3 Å². The van der Waals surface area contributed by atoms with Crippen LogP contribution in [0.5, 0.6) is 0 Å². The third kappa shape index (κ3) is 5.87. The third-order valence-corrected chi connectivity index (χ3v) is 5.36. The molecular formula is C21H24N2O4S. The minimum atomic E-state index is -1.26. The molecule has 2 N–H and O–H groups in total. The highest BCUT2D eigenvalue weighted by Gasteiger charge is 2.24. The van der Waals surface area contributed by atoms with Gasteiger partial charge in [-0.05, 0) is 45.3 Å². The molecule has 0 radical (unpaired) electrons. The van der Waals surface area contributed by atoms with E-state index in [1.807, 2.05) is 11.8 Å². The van der Waals surface area contributed by atoms with Gasteiger partial charge in [-0.2, -0.15) is 0 Å². The number of hydrogen-bond acceptors (Lipinski definition) is 5. The molecule has 0 amide bonds. The molecule has 1 unspecified atom stereocenters. The lowest BCUT2D eigenvalue weighted by Gasteiger charge is -2.36. The van der Waals surface area contributed by atoms with Gasteiger partial charge >= 0.3 is 11.9 Å². The summed E-state index contributed by atoms with van der Waals surface area (Å²) < 4.78 is 0. The molecule has 0 saturated carbocycles. The van der Waals surface area contributed by atoms with Crippen molar-refractivity contribution in [1.29, 1.82) is 0 Å². The molecule has 0 saturated heterocycles. The summed E-state index contributed by atoms with van der Waals surface area (Å²) in [7, 11) is 4.28. The minimum absolute atomic E-state index is 0.499. The molecule has 0 aliphatic carbocycles. The Balaban J connectivity index is 0.000000300. The molecule has 28 heavy (non-hydrogen) atoms. The predicted molar refractivity (Wildman–Crippen MR) is 112 cm³/mol. The first-order valence-electron chi connectivity index (χ1n) is 8.73. The van der Waals surface area contributed by atoms with Gasteiger partial charge in [0, 0.05) is 34.5 Å². The van der Waals surface area contributed by atoms with Gasteiger partial charge in [0.2, 0.25) is 0 Å². The Morgan fingerprint density at radius 3 is 1.79 bits per heavy atom. The summed E-state index contributed by atoms with van der Waals surface area (Å²) in [5, 5.41) is 15.6. The monoisotopic (exact) mass is 400 g/mol. The molecule has 2 aromatic rings. The number of anilines is 2. The summed E-state index contributed by atoms with van der Waals surface area (Å²) in [6, 6.07) is 17.9. The molecular weight excluding hydrogens is 376 g/mol. The highest BCUT2D eigenvalue weighted by molar-refractivity contribution is 7.99. The molecule has 1 atom stereocenters. The molecule has 6 nitrogen and oxygen atoms in total. The fourth-order valence-electron chi connectivity index (χ4n) is 2.55. The Bertz CT molecular complexity index is 805. The van der Waals surface area contributed by atoms with Crippen molar-refractivity contribution in [2.75, 3.05) is 25.5 Å². The second-order valence-electron chi connectivity index (χ2n) is 6.47. The predicted octanol–water partition coefficient (Wildman–Crippen LogP) is 3.95. The van der Waals surface area contributed by atoms with E-state index in [0.717, 1.165) is 6.54 Å². The standard InChI is InChI=1S/C17H20N2S.C4H4O4/c1-13(18(2)3)12-19-14-8-4-6-10-16(14)20-17-11-7-5-9-15(17)19;5-3(6)1-2-4(7)8/h4-11,13H,12H2,1-3H3;1-2H,(H,5,6)(H,7,8)/b;2-1-. The van der Waals surface area contributed by atoms with Crippen LogP contribution in [-0.2, 0) is 9.59 Å². The van der Waals surface area contributed by atoms with Crippen molar-refractivity contribution >= 4 is 35.1 Å². The number of carboxylic acid groups (broad SMARTS) is 2. The van der Waals surface area contributed by atoms with Gasteiger partial charge in [-0.25, -0.2) is 9.59 Å². The lowest BCUT2D eigenvalue weighted by molar-refractivity contribution is -0.134. The van der Waals surface area contributed by atoms with E-state index in [1.165, 1.54) is 21.2 Å². The van der Waals surface area contributed by atoms with E-state index in [0.29, 0.717) is 18.2 Å². The summed E-state index contributed by atoms with van der Waals surface area (Å²) in [5.74, 6) is -2.51. The number of carboxylic acids is 2. The van der Waals surface area contributed by atoms with Gasteiger partial charge in [-0.1, -0.05) is 36.0 Å².